The minimum Gasteiger partial charge on any atom is -0.508 e. The van der Waals surface area contributed by atoms with Crippen molar-refractivity contribution in [3.05, 3.63) is 29.8 Å². The van der Waals surface area contributed by atoms with Gasteiger partial charge in [0.1, 0.15) is 10.7 Å². The number of phenols is 1. The molecule has 0 atom stereocenters. The largest absolute Gasteiger partial charge is 0.508 e. The Morgan fingerprint density at radius 1 is 1.25 bits per heavy atom. The number of hydrogen-bond acceptors (Lipinski definition) is 2. The van der Waals surface area contributed by atoms with Crippen LogP contribution in [0.3, 0.4) is 0 Å². The molecule has 0 bridgehead atoms. The Labute approximate surface area is 77.4 Å². The summed E-state index contributed by atoms with van der Waals surface area (Å²) < 4.78 is 0. The minimum absolute atomic E-state index is 0.264. The lowest BCUT2D eigenvalue weighted by atomic mass is 10.2. The quantitative estimate of drug-likeness (QED) is 0.666. The first-order valence-corrected chi connectivity index (χ1v) is 4.03. The van der Waals surface area contributed by atoms with Crippen LogP contribution in [0.5, 0.6) is 5.75 Å². The van der Waals surface area contributed by atoms with Gasteiger partial charge in [-0.25, -0.2) is 0 Å². The number of nitrogens with zero attached hydrogens (tertiary/aromatic N) is 1. The first kappa shape index (κ1) is 9.00. The highest BCUT2D eigenvalue weighted by Crippen LogP contribution is 2.11. The summed E-state index contributed by atoms with van der Waals surface area (Å²) in [5, 5.41) is 9.02. The molecule has 1 rings (SSSR count). The molecule has 0 heterocycles. The second-order valence-electron chi connectivity index (χ2n) is 2.75. The summed E-state index contributed by atoms with van der Waals surface area (Å²) in [6.07, 6.45) is 0. The van der Waals surface area contributed by atoms with E-state index in [4.69, 9.17) is 17.3 Å². The van der Waals surface area contributed by atoms with Crippen molar-refractivity contribution < 1.29 is 5.11 Å². The number of thiocarbonyl (C=S) groups is 1. The van der Waals surface area contributed by atoms with E-state index in [9.17, 15) is 0 Å². The molecule has 1 aromatic carbocycles. The number of aromatic hydroxyl groups is 1. The lowest BCUT2D eigenvalue weighted by Crippen LogP contribution is -2.20. The molecule has 0 aromatic heterocycles. The minimum atomic E-state index is 0.264. The molecule has 1 aromatic rings. The average Bonchev–Trinajstić information content (AvgIpc) is 2.04. The Kier molecular flexibility index (Phi) is 2.65. The number of hydrogen-bond donors (Lipinski definition) is 1. The summed E-state index contributed by atoms with van der Waals surface area (Å²) in [6.45, 7) is 0. The van der Waals surface area contributed by atoms with Gasteiger partial charge < -0.3 is 10.0 Å². The molecule has 0 unspecified atom stereocenters. The van der Waals surface area contributed by atoms with Crippen molar-refractivity contribution in [3.63, 3.8) is 0 Å². The van der Waals surface area contributed by atoms with Crippen LogP contribution in [0.1, 0.15) is 5.56 Å². The van der Waals surface area contributed by atoms with Crippen molar-refractivity contribution in [1.29, 1.82) is 0 Å². The van der Waals surface area contributed by atoms with Crippen molar-refractivity contribution in [2.45, 2.75) is 0 Å². The van der Waals surface area contributed by atoms with E-state index in [0.717, 1.165) is 10.6 Å². The predicted octanol–water partition coefficient (Wildman–Crippen LogP) is 1.63. The lowest BCUT2D eigenvalue weighted by molar-refractivity contribution is 0.475. The first-order valence-electron chi connectivity index (χ1n) is 3.62. The molecule has 2 nitrogen and oxygen atoms in total. The van der Waals surface area contributed by atoms with Crippen molar-refractivity contribution in [1.82, 2.24) is 4.90 Å². The van der Waals surface area contributed by atoms with Crippen LogP contribution in [-0.2, 0) is 0 Å². The van der Waals surface area contributed by atoms with E-state index in [2.05, 4.69) is 0 Å². The second-order valence-corrected chi connectivity index (χ2v) is 3.13. The summed E-state index contributed by atoms with van der Waals surface area (Å²) in [5.74, 6) is 0.264. The summed E-state index contributed by atoms with van der Waals surface area (Å²) >= 11 is 5.13. The first-order chi connectivity index (χ1) is 5.61. The van der Waals surface area contributed by atoms with Crippen LogP contribution in [-0.4, -0.2) is 29.1 Å². The lowest BCUT2D eigenvalue weighted by Gasteiger charge is -2.13. The smallest absolute Gasteiger partial charge is 0.115 e. The van der Waals surface area contributed by atoms with E-state index in [0.29, 0.717) is 0 Å². The predicted molar refractivity (Wildman–Crippen MR) is 53.5 cm³/mol. The average molecular weight is 181 g/mol. The SMILES string of the molecule is CN(C)C(=S)c1ccc(O)cc1. The van der Waals surface area contributed by atoms with E-state index in [1.54, 1.807) is 24.3 Å². The van der Waals surface area contributed by atoms with Gasteiger partial charge >= 0.3 is 0 Å². The maximum absolute atomic E-state index is 9.02. The van der Waals surface area contributed by atoms with Crippen LogP contribution in [0, 0.1) is 0 Å². The Morgan fingerprint density at radius 2 is 1.75 bits per heavy atom. The highest BCUT2D eigenvalue weighted by Gasteiger charge is 2.01. The molecule has 64 valence electrons. The van der Waals surface area contributed by atoms with E-state index < -0.39 is 0 Å². The topological polar surface area (TPSA) is 23.5 Å². The summed E-state index contributed by atoms with van der Waals surface area (Å²) in [4.78, 5) is 2.64. The molecular weight excluding hydrogens is 170 g/mol. The van der Waals surface area contributed by atoms with Crippen molar-refractivity contribution in [3.8, 4) is 5.75 Å². The molecule has 0 aliphatic heterocycles. The van der Waals surface area contributed by atoms with Gasteiger partial charge in [0.25, 0.3) is 0 Å². The Hall–Kier alpha value is -1.09. The fourth-order valence-electron chi connectivity index (χ4n) is 0.862. The third-order valence-electron chi connectivity index (χ3n) is 1.52. The maximum Gasteiger partial charge on any atom is 0.115 e. The van der Waals surface area contributed by atoms with Crippen LogP contribution in [0.15, 0.2) is 24.3 Å². The van der Waals surface area contributed by atoms with Gasteiger partial charge in [0.2, 0.25) is 0 Å². The standard InChI is InChI=1S/C9H11NOS/c1-10(2)9(12)7-3-5-8(11)6-4-7/h3-6,11H,1-2H3. The number of benzene rings is 1. The molecule has 0 fully saturated rings. The van der Waals surface area contributed by atoms with Crippen molar-refractivity contribution in [2.75, 3.05) is 14.1 Å². The molecule has 0 saturated heterocycles. The van der Waals surface area contributed by atoms with Gasteiger partial charge in [-0.2, -0.15) is 0 Å². The highest BCUT2D eigenvalue weighted by atomic mass is 32.1. The highest BCUT2D eigenvalue weighted by molar-refractivity contribution is 7.80. The van der Waals surface area contributed by atoms with Gasteiger partial charge in [-0.1, -0.05) is 12.2 Å². The molecule has 3 heteroatoms. The van der Waals surface area contributed by atoms with E-state index in [-0.39, 0.29) is 5.75 Å². The zero-order chi connectivity index (χ0) is 9.14. The van der Waals surface area contributed by atoms with Gasteiger partial charge in [-0.3, -0.25) is 0 Å². The van der Waals surface area contributed by atoms with Crippen molar-refractivity contribution in [2.24, 2.45) is 0 Å². The normalized spacial score (nSPS) is 9.50. The summed E-state index contributed by atoms with van der Waals surface area (Å²) in [5.41, 5.74) is 0.952. The Balaban J connectivity index is 2.90. The fourth-order valence-corrected chi connectivity index (χ4v) is 0.998. The molecule has 0 radical (unpaired) electrons. The van der Waals surface area contributed by atoms with Crippen LogP contribution in [0.2, 0.25) is 0 Å². The van der Waals surface area contributed by atoms with Gasteiger partial charge in [-0.15, -0.1) is 0 Å². The second kappa shape index (κ2) is 3.54. The summed E-state index contributed by atoms with van der Waals surface area (Å²) in [7, 11) is 3.80. The summed E-state index contributed by atoms with van der Waals surface area (Å²) in [6, 6.07) is 6.87. The van der Waals surface area contributed by atoms with Gasteiger partial charge in [0, 0.05) is 19.7 Å². The third-order valence-corrected chi connectivity index (χ3v) is 2.12. The fraction of sp³-hybridized carbons (Fsp3) is 0.222. The zero-order valence-corrected chi connectivity index (χ0v) is 7.93. The maximum atomic E-state index is 9.02. The molecule has 12 heavy (non-hydrogen) atoms. The van der Waals surface area contributed by atoms with Crippen LogP contribution < -0.4 is 0 Å². The molecule has 0 aliphatic rings. The van der Waals surface area contributed by atoms with Gasteiger partial charge in [-0.05, 0) is 24.3 Å². The van der Waals surface area contributed by atoms with Crippen LogP contribution >= 0.6 is 12.2 Å². The Bertz CT molecular complexity index is 279. The van der Waals surface area contributed by atoms with Gasteiger partial charge in [0.05, 0.1) is 0 Å². The molecule has 0 saturated carbocycles. The van der Waals surface area contributed by atoms with E-state index in [1.807, 2.05) is 19.0 Å². The monoisotopic (exact) mass is 181 g/mol. The number of rotatable bonds is 1. The van der Waals surface area contributed by atoms with E-state index in [1.165, 1.54) is 0 Å². The van der Waals surface area contributed by atoms with E-state index >= 15 is 0 Å². The van der Waals surface area contributed by atoms with Crippen molar-refractivity contribution >= 4 is 17.2 Å². The number of phenolic OH excluding ortho intramolecular Hbond substituents is 1. The van der Waals surface area contributed by atoms with Gasteiger partial charge in [0.15, 0.2) is 0 Å². The molecule has 0 amide bonds. The molecule has 1 N–H and O–H groups in total. The zero-order valence-electron chi connectivity index (χ0n) is 7.11. The van der Waals surface area contributed by atoms with Crippen LogP contribution in [0.4, 0.5) is 0 Å². The third kappa shape index (κ3) is 1.95. The molecule has 0 spiro atoms. The molecule has 0 aliphatic carbocycles. The Morgan fingerprint density at radius 3 is 2.17 bits per heavy atom. The molecular formula is C9H11NOS. The van der Waals surface area contributed by atoms with Crippen LogP contribution in [0.25, 0.3) is 0 Å².